The Hall–Kier alpha value is -0.940. The number of halogens is 1. The first-order valence-corrected chi connectivity index (χ1v) is 5.20. The van der Waals surface area contributed by atoms with Crippen LogP contribution in [0.25, 0.3) is 0 Å². The molecule has 0 unspecified atom stereocenters. The van der Waals surface area contributed by atoms with Crippen LogP contribution in [0, 0.1) is 6.92 Å². The highest BCUT2D eigenvalue weighted by Crippen LogP contribution is 2.33. The molecule has 0 radical (unpaired) electrons. The Balaban J connectivity index is 1.98. The summed E-state index contributed by atoms with van der Waals surface area (Å²) in [7, 11) is 0. The summed E-state index contributed by atoms with van der Waals surface area (Å²) in [6.07, 6.45) is 1.41. The number of rotatable bonds is 2. The van der Waals surface area contributed by atoms with Crippen molar-refractivity contribution in [2.75, 3.05) is 5.32 Å². The minimum absolute atomic E-state index is 0.224. The largest absolute Gasteiger partial charge is 0.390 e. The normalized spacial score (nSPS) is 29.7. The Kier molecular flexibility index (Phi) is 2.52. The number of nitrogens with zero attached hydrogens (tertiary/aromatic N) is 3. The van der Waals surface area contributed by atoms with Crippen molar-refractivity contribution in [1.82, 2.24) is 15.2 Å². The highest BCUT2D eigenvalue weighted by Gasteiger charge is 2.38. The number of aliphatic hydroxyl groups is 1. The van der Waals surface area contributed by atoms with Gasteiger partial charge < -0.3 is 10.4 Å². The van der Waals surface area contributed by atoms with Crippen LogP contribution in [0.3, 0.4) is 0 Å². The lowest BCUT2D eigenvalue weighted by Gasteiger charge is -2.41. The molecule has 2 N–H and O–H groups in total. The zero-order valence-corrected chi connectivity index (χ0v) is 9.41. The van der Waals surface area contributed by atoms with E-state index in [1.54, 1.807) is 6.92 Å². The second-order valence-electron chi connectivity index (χ2n) is 4.26. The maximum atomic E-state index is 9.54. The summed E-state index contributed by atoms with van der Waals surface area (Å²) in [4.78, 5) is 4.14. The van der Waals surface area contributed by atoms with E-state index in [4.69, 9.17) is 11.6 Å². The van der Waals surface area contributed by atoms with Gasteiger partial charge in [0.25, 0.3) is 0 Å². The molecule has 0 aromatic carbocycles. The van der Waals surface area contributed by atoms with E-state index in [1.807, 2.05) is 6.92 Å². The van der Waals surface area contributed by atoms with Gasteiger partial charge in [0.1, 0.15) is 0 Å². The fourth-order valence-corrected chi connectivity index (χ4v) is 1.82. The highest BCUT2D eigenvalue weighted by molar-refractivity contribution is 6.29. The van der Waals surface area contributed by atoms with Gasteiger partial charge in [0.2, 0.25) is 5.95 Å². The van der Waals surface area contributed by atoms with Crippen LogP contribution in [0.5, 0.6) is 0 Å². The van der Waals surface area contributed by atoms with Gasteiger partial charge in [-0.05, 0) is 26.7 Å². The third kappa shape index (κ3) is 2.35. The first kappa shape index (κ1) is 10.6. The van der Waals surface area contributed by atoms with Gasteiger partial charge in [0.05, 0.1) is 11.3 Å². The number of anilines is 1. The predicted molar refractivity (Wildman–Crippen MR) is 56.8 cm³/mol. The number of nitrogens with one attached hydrogen (secondary N) is 1. The Morgan fingerprint density at radius 2 is 2.13 bits per heavy atom. The van der Waals surface area contributed by atoms with E-state index in [2.05, 4.69) is 20.5 Å². The van der Waals surface area contributed by atoms with Crippen LogP contribution in [-0.4, -0.2) is 31.9 Å². The maximum absolute atomic E-state index is 9.54. The van der Waals surface area contributed by atoms with Crippen LogP contribution in [0.15, 0.2) is 0 Å². The summed E-state index contributed by atoms with van der Waals surface area (Å²) in [6.45, 7) is 3.59. The van der Waals surface area contributed by atoms with E-state index in [0.717, 1.165) is 0 Å². The van der Waals surface area contributed by atoms with Crippen LogP contribution in [-0.2, 0) is 0 Å². The quantitative estimate of drug-likeness (QED) is 0.795. The van der Waals surface area contributed by atoms with E-state index in [0.29, 0.717) is 29.6 Å². The fraction of sp³-hybridized carbons (Fsp3) is 0.667. The Morgan fingerprint density at radius 1 is 1.47 bits per heavy atom. The van der Waals surface area contributed by atoms with Crippen molar-refractivity contribution in [3.63, 3.8) is 0 Å². The SMILES string of the molecule is Cc1nc(NC2CC(C)(O)C2)nnc1Cl. The molecule has 0 spiro atoms. The molecule has 1 fully saturated rings. The first-order chi connectivity index (χ1) is 6.96. The van der Waals surface area contributed by atoms with Gasteiger partial charge >= 0.3 is 0 Å². The Morgan fingerprint density at radius 3 is 2.67 bits per heavy atom. The molecule has 82 valence electrons. The molecule has 1 aromatic rings. The molecule has 0 aliphatic heterocycles. The second-order valence-corrected chi connectivity index (χ2v) is 4.62. The molecule has 15 heavy (non-hydrogen) atoms. The van der Waals surface area contributed by atoms with Crippen molar-refractivity contribution < 1.29 is 5.11 Å². The number of hydrogen-bond donors (Lipinski definition) is 2. The van der Waals surface area contributed by atoms with Crippen molar-refractivity contribution in [2.45, 2.75) is 38.3 Å². The smallest absolute Gasteiger partial charge is 0.243 e. The average molecular weight is 229 g/mol. The standard InChI is InChI=1S/C9H13ClN4O/c1-5-7(10)13-14-8(11-5)12-6-3-9(2,15)4-6/h6,15H,3-4H2,1-2H3,(H,11,12,14). The van der Waals surface area contributed by atoms with Crippen molar-refractivity contribution in [3.05, 3.63) is 10.8 Å². The zero-order valence-electron chi connectivity index (χ0n) is 8.66. The van der Waals surface area contributed by atoms with E-state index in [9.17, 15) is 5.11 Å². The molecular weight excluding hydrogens is 216 g/mol. The lowest BCUT2D eigenvalue weighted by Crippen LogP contribution is -2.48. The summed E-state index contributed by atoms with van der Waals surface area (Å²) in [5, 5.41) is 20.5. The molecule has 5 nitrogen and oxygen atoms in total. The molecule has 1 aliphatic carbocycles. The lowest BCUT2D eigenvalue weighted by atomic mass is 9.77. The van der Waals surface area contributed by atoms with Gasteiger partial charge in [-0.2, -0.15) is 0 Å². The summed E-state index contributed by atoms with van der Waals surface area (Å²) in [6, 6.07) is 0.224. The van der Waals surface area contributed by atoms with Gasteiger partial charge in [0.15, 0.2) is 5.15 Å². The lowest BCUT2D eigenvalue weighted by molar-refractivity contribution is -0.0236. The van der Waals surface area contributed by atoms with Crippen molar-refractivity contribution in [2.24, 2.45) is 0 Å². The minimum Gasteiger partial charge on any atom is -0.390 e. The van der Waals surface area contributed by atoms with E-state index >= 15 is 0 Å². The summed E-state index contributed by atoms with van der Waals surface area (Å²) < 4.78 is 0. The average Bonchev–Trinajstić information content (AvgIpc) is 2.08. The van der Waals surface area contributed by atoms with Gasteiger partial charge in [-0.15, -0.1) is 10.2 Å². The van der Waals surface area contributed by atoms with Gasteiger partial charge in [-0.1, -0.05) is 11.6 Å². The molecule has 6 heteroatoms. The highest BCUT2D eigenvalue weighted by atomic mass is 35.5. The Labute approximate surface area is 92.9 Å². The molecule has 0 bridgehead atoms. The number of aromatic nitrogens is 3. The maximum Gasteiger partial charge on any atom is 0.243 e. The second kappa shape index (κ2) is 3.57. The fourth-order valence-electron chi connectivity index (χ4n) is 1.74. The van der Waals surface area contributed by atoms with Crippen LogP contribution < -0.4 is 5.32 Å². The molecule has 2 rings (SSSR count). The van der Waals surface area contributed by atoms with Crippen LogP contribution in [0.4, 0.5) is 5.95 Å². The van der Waals surface area contributed by atoms with Crippen molar-refractivity contribution >= 4 is 17.5 Å². The van der Waals surface area contributed by atoms with E-state index in [-0.39, 0.29) is 6.04 Å². The third-order valence-electron chi connectivity index (χ3n) is 2.51. The number of aryl methyl sites for hydroxylation is 1. The summed E-state index contributed by atoms with van der Waals surface area (Å²) in [5.41, 5.74) is 0.104. The monoisotopic (exact) mass is 228 g/mol. The molecular formula is C9H13ClN4O. The summed E-state index contributed by atoms with van der Waals surface area (Å²) >= 11 is 5.71. The molecule has 1 saturated carbocycles. The van der Waals surface area contributed by atoms with E-state index < -0.39 is 5.60 Å². The van der Waals surface area contributed by atoms with Gasteiger partial charge in [-0.3, -0.25) is 0 Å². The molecule has 1 heterocycles. The summed E-state index contributed by atoms with van der Waals surface area (Å²) in [5.74, 6) is 0.470. The minimum atomic E-state index is -0.549. The van der Waals surface area contributed by atoms with Gasteiger partial charge in [0, 0.05) is 6.04 Å². The van der Waals surface area contributed by atoms with Crippen molar-refractivity contribution in [3.8, 4) is 0 Å². The zero-order chi connectivity index (χ0) is 11.1. The third-order valence-corrected chi connectivity index (χ3v) is 2.86. The topological polar surface area (TPSA) is 70.9 Å². The van der Waals surface area contributed by atoms with Crippen LogP contribution >= 0.6 is 11.6 Å². The molecule has 0 atom stereocenters. The molecule has 0 saturated heterocycles. The van der Waals surface area contributed by atoms with Gasteiger partial charge in [-0.25, -0.2) is 4.98 Å². The number of hydrogen-bond acceptors (Lipinski definition) is 5. The Bertz CT molecular complexity index is 374. The molecule has 1 aromatic heterocycles. The van der Waals surface area contributed by atoms with Crippen molar-refractivity contribution in [1.29, 1.82) is 0 Å². The predicted octanol–water partition coefficient (Wildman–Crippen LogP) is 1.16. The first-order valence-electron chi connectivity index (χ1n) is 4.82. The van der Waals surface area contributed by atoms with Crippen LogP contribution in [0.2, 0.25) is 5.15 Å². The van der Waals surface area contributed by atoms with E-state index in [1.165, 1.54) is 0 Å². The molecule has 0 amide bonds. The molecule has 1 aliphatic rings. The van der Waals surface area contributed by atoms with Crippen LogP contribution in [0.1, 0.15) is 25.5 Å².